The van der Waals surface area contributed by atoms with Crippen LogP contribution in [0.3, 0.4) is 0 Å². The number of anilines is 2. The molecule has 0 bridgehead atoms. The first-order valence-electron chi connectivity index (χ1n) is 5.66. The Morgan fingerprint density at radius 1 is 1.41 bits per heavy atom. The molecule has 1 saturated heterocycles. The normalized spacial score (nSPS) is 15.7. The Hall–Kier alpha value is -1.75. The second-order valence-corrected chi connectivity index (χ2v) is 4.10. The maximum atomic E-state index is 11.9. The Kier molecular flexibility index (Phi) is 3.49. The Morgan fingerprint density at radius 2 is 2.12 bits per heavy atom. The fourth-order valence-corrected chi connectivity index (χ4v) is 1.79. The van der Waals surface area contributed by atoms with Crippen LogP contribution < -0.4 is 11.1 Å². The van der Waals surface area contributed by atoms with E-state index in [4.69, 9.17) is 10.5 Å². The number of rotatable bonds is 1. The summed E-state index contributed by atoms with van der Waals surface area (Å²) in [6.45, 7) is 4.41. The molecule has 2 rings (SSSR count). The Morgan fingerprint density at radius 3 is 2.76 bits per heavy atom. The molecule has 3 N–H and O–H groups in total. The van der Waals surface area contributed by atoms with Gasteiger partial charge in [0.15, 0.2) is 0 Å². The van der Waals surface area contributed by atoms with Crippen molar-refractivity contribution in [3.05, 3.63) is 23.8 Å². The van der Waals surface area contributed by atoms with Crippen LogP contribution in [0.15, 0.2) is 18.2 Å². The van der Waals surface area contributed by atoms with Crippen LogP contribution >= 0.6 is 0 Å². The van der Waals surface area contributed by atoms with Crippen LogP contribution in [-0.2, 0) is 4.74 Å². The largest absolute Gasteiger partial charge is 0.399 e. The van der Waals surface area contributed by atoms with E-state index in [1.54, 1.807) is 11.0 Å². The Bertz CT molecular complexity index is 414. The minimum Gasteiger partial charge on any atom is -0.399 e. The maximum absolute atomic E-state index is 11.9. The van der Waals surface area contributed by atoms with Crippen molar-refractivity contribution in [2.75, 3.05) is 37.4 Å². The van der Waals surface area contributed by atoms with Crippen LogP contribution in [0.1, 0.15) is 5.56 Å². The van der Waals surface area contributed by atoms with Gasteiger partial charge in [-0.25, -0.2) is 4.79 Å². The summed E-state index contributed by atoms with van der Waals surface area (Å²) in [5.74, 6) is 0. The lowest BCUT2D eigenvalue weighted by Gasteiger charge is -2.27. The quantitative estimate of drug-likeness (QED) is 0.724. The lowest BCUT2D eigenvalue weighted by Crippen LogP contribution is -2.43. The van der Waals surface area contributed by atoms with Gasteiger partial charge in [0.05, 0.1) is 13.2 Å². The molecule has 1 aliphatic rings. The topological polar surface area (TPSA) is 67.6 Å². The average Bonchev–Trinajstić information content (AvgIpc) is 2.34. The highest BCUT2D eigenvalue weighted by Crippen LogP contribution is 2.18. The van der Waals surface area contributed by atoms with Gasteiger partial charge in [0.25, 0.3) is 0 Å². The molecule has 1 aliphatic heterocycles. The smallest absolute Gasteiger partial charge is 0.322 e. The van der Waals surface area contributed by atoms with Crippen molar-refractivity contribution in [1.82, 2.24) is 4.90 Å². The van der Waals surface area contributed by atoms with Crippen LogP contribution in [0.5, 0.6) is 0 Å². The Balaban J connectivity index is 2.02. The molecule has 1 aromatic carbocycles. The lowest BCUT2D eigenvalue weighted by atomic mass is 10.2. The fourth-order valence-electron chi connectivity index (χ4n) is 1.79. The van der Waals surface area contributed by atoms with Crippen LogP contribution in [0.25, 0.3) is 0 Å². The summed E-state index contributed by atoms with van der Waals surface area (Å²) in [7, 11) is 0. The number of ether oxygens (including phenoxy) is 1. The third kappa shape index (κ3) is 2.88. The number of benzene rings is 1. The number of nitrogen functional groups attached to an aromatic ring is 1. The number of urea groups is 1. The van der Waals surface area contributed by atoms with E-state index in [-0.39, 0.29) is 6.03 Å². The van der Waals surface area contributed by atoms with Gasteiger partial charge >= 0.3 is 6.03 Å². The van der Waals surface area contributed by atoms with Gasteiger partial charge < -0.3 is 20.7 Å². The van der Waals surface area contributed by atoms with Gasteiger partial charge in [0.2, 0.25) is 0 Å². The number of nitrogens with one attached hydrogen (secondary N) is 1. The zero-order valence-corrected chi connectivity index (χ0v) is 9.90. The molecule has 0 saturated carbocycles. The van der Waals surface area contributed by atoms with Gasteiger partial charge in [0, 0.05) is 24.5 Å². The van der Waals surface area contributed by atoms with Crippen molar-refractivity contribution in [3.8, 4) is 0 Å². The highest BCUT2D eigenvalue weighted by molar-refractivity contribution is 5.90. The van der Waals surface area contributed by atoms with Crippen molar-refractivity contribution in [2.45, 2.75) is 6.92 Å². The molecule has 0 aliphatic carbocycles. The molecule has 0 spiro atoms. The standard InChI is InChI=1S/C12H17N3O2/c1-9-8-10(13)2-3-11(9)14-12(16)15-4-6-17-7-5-15/h2-3,8H,4-7,13H2,1H3,(H,14,16). The summed E-state index contributed by atoms with van der Waals surface area (Å²) in [6, 6.07) is 5.36. The number of morpholine rings is 1. The number of nitrogens with zero attached hydrogens (tertiary/aromatic N) is 1. The van der Waals surface area contributed by atoms with E-state index in [1.165, 1.54) is 0 Å². The van der Waals surface area contributed by atoms with Crippen molar-refractivity contribution >= 4 is 17.4 Å². The minimum atomic E-state index is -0.0822. The number of aryl methyl sites for hydroxylation is 1. The first kappa shape index (κ1) is 11.7. The molecule has 17 heavy (non-hydrogen) atoms. The summed E-state index contributed by atoms with van der Waals surface area (Å²) >= 11 is 0. The van der Waals surface area contributed by atoms with E-state index in [2.05, 4.69) is 5.32 Å². The summed E-state index contributed by atoms with van der Waals surface area (Å²) in [6.07, 6.45) is 0. The van der Waals surface area contributed by atoms with Crippen LogP contribution in [0.4, 0.5) is 16.2 Å². The molecule has 1 aromatic rings. The highest BCUT2D eigenvalue weighted by atomic mass is 16.5. The predicted octanol–water partition coefficient (Wildman–Crippen LogP) is 1.44. The van der Waals surface area contributed by atoms with E-state index in [9.17, 15) is 4.79 Å². The van der Waals surface area contributed by atoms with E-state index >= 15 is 0 Å². The minimum absolute atomic E-state index is 0.0822. The van der Waals surface area contributed by atoms with Gasteiger partial charge in [-0.2, -0.15) is 0 Å². The molecular weight excluding hydrogens is 218 g/mol. The third-order valence-electron chi connectivity index (χ3n) is 2.79. The number of carbonyl (C=O) groups excluding carboxylic acids is 1. The molecule has 0 radical (unpaired) electrons. The number of nitrogens with two attached hydrogens (primary N) is 1. The first-order valence-corrected chi connectivity index (χ1v) is 5.66. The molecule has 5 heteroatoms. The molecule has 1 heterocycles. The van der Waals surface area contributed by atoms with Crippen molar-refractivity contribution in [2.24, 2.45) is 0 Å². The number of hydrogen-bond acceptors (Lipinski definition) is 3. The summed E-state index contributed by atoms with van der Waals surface area (Å²) < 4.78 is 5.20. The van der Waals surface area contributed by atoms with E-state index < -0.39 is 0 Å². The van der Waals surface area contributed by atoms with Gasteiger partial charge in [0.1, 0.15) is 0 Å². The zero-order valence-electron chi connectivity index (χ0n) is 9.90. The number of amides is 2. The second-order valence-electron chi connectivity index (χ2n) is 4.10. The number of hydrogen-bond donors (Lipinski definition) is 2. The second kappa shape index (κ2) is 5.05. The van der Waals surface area contributed by atoms with Gasteiger partial charge in [-0.05, 0) is 30.7 Å². The van der Waals surface area contributed by atoms with Crippen LogP contribution in [-0.4, -0.2) is 37.2 Å². The van der Waals surface area contributed by atoms with Gasteiger partial charge in [-0.15, -0.1) is 0 Å². The predicted molar refractivity (Wildman–Crippen MR) is 67.0 cm³/mol. The van der Waals surface area contributed by atoms with E-state index in [1.807, 2.05) is 19.1 Å². The molecule has 0 atom stereocenters. The van der Waals surface area contributed by atoms with Crippen molar-refractivity contribution in [1.29, 1.82) is 0 Å². The highest BCUT2D eigenvalue weighted by Gasteiger charge is 2.17. The van der Waals surface area contributed by atoms with E-state index in [0.29, 0.717) is 32.0 Å². The maximum Gasteiger partial charge on any atom is 0.322 e. The molecule has 0 unspecified atom stereocenters. The monoisotopic (exact) mass is 235 g/mol. The van der Waals surface area contributed by atoms with Crippen molar-refractivity contribution < 1.29 is 9.53 Å². The zero-order chi connectivity index (χ0) is 12.3. The van der Waals surface area contributed by atoms with Crippen LogP contribution in [0.2, 0.25) is 0 Å². The summed E-state index contributed by atoms with van der Waals surface area (Å²) in [5.41, 5.74) is 8.13. The third-order valence-corrected chi connectivity index (χ3v) is 2.79. The van der Waals surface area contributed by atoms with Gasteiger partial charge in [-0.3, -0.25) is 0 Å². The van der Waals surface area contributed by atoms with E-state index in [0.717, 1.165) is 11.3 Å². The average molecular weight is 235 g/mol. The molecule has 0 aromatic heterocycles. The lowest BCUT2D eigenvalue weighted by molar-refractivity contribution is 0.0564. The fraction of sp³-hybridized carbons (Fsp3) is 0.417. The number of carbonyl (C=O) groups is 1. The molecule has 2 amide bonds. The first-order chi connectivity index (χ1) is 8.16. The molecule has 1 fully saturated rings. The molecule has 5 nitrogen and oxygen atoms in total. The SMILES string of the molecule is Cc1cc(N)ccc1NC(=O)N1CCOCC1. The molecule has 92 valence electrons. The van der Waals surface area contributed by atoms with Gasteiger partial charge in [-0.1, -0.05) is 0 Å². The van der Waals surface area contributed by atoms with Crippen molar-refractivity contribution in [3.63, 3.8) is 0 Å². The summed E-state index contributed by atoms with van der Waals surface area (Å²) in [4.78, 5) is 13.7. The molecular formula is C12H17N3O2. The Labute approximate surface area is 101 Å². The summed E-state index contributed by atoms with van der Waals surface area (Å²) in [5, 5.41) is 2.88. The van der Waals surface area contributed by atoms with Crippen LogP contribution in [0, 0.1) is 6.92 Å².